The molecule has 0 fully saturated rings. The largest absolute Gasteiger partial charge is 0.469 e. The number of halogens is 1. The molecule has 0 aliphatic rings. The van der Waals surface area contributed by atoms with Crippen molar-refractivity contribution >= 4 is 23.5 Å². The summed E-state index contributed by atoms with van der Waals surface area (Å²) >= 11 is 6.37. The van der Waals surface area contributed by atoms with Crippen LogP contribution in [0.3, 0.4) is 0 Å². The van der Waals surface area contributed by atoms with Crippen LogP contribution < -0.4 is 0 Å². The highest BCUT2D eigenvalue weighted by atomic mass is 35.5. The second kappa shape index (κ2) is 9.40. The monoisotopic (exact) mass is 314 g/mol. The van der Waals surface area contributed by atoms with Crippen LogP contribution in [0.5, 0.6) is 0 Å². The van der Waals surface area contributed by atoms with Crippen molar-refractivity contribution in [3.63, 3.8) is 0 Å². The number of esters is 2. The summed E-state index contributed by atoms with van der Waals surface area (Å²) in [7, 11) is 2.61. The third-order valence-corrected chi connectivity index (χ3v) is 3.68. The highest BCUT2D eigenvalue weighted by molar-refractivity contribution is 6.33. The molecule has 118 valence electrons. The lowest BCUT2D eigenvalue weighted by atomic mass is 9.97. The zero-order valence-corrected chi connectivity index (χ0v) is 14.1. The number of carbonyl (C=O) groups excluding carboxylic acids is 2. The van der Waals surface area contributed by atoms with Gasteiger partial charge in [0, 0.05) is 5.03 Å². The number of hydrogen-bond acceptors (Lipinski definition) is 4. The highest BCUT2D eigenvalue weighted by Gasteiger charge is 2.18. The standard InChI is InChI=1S/C16H23ClO4/c1-7-8-10(2)13(9-14(18)20-5)15(17)11(3)12(4)16(19)21-6/h4,7-9H2,1-3,5-6H3/b13-10-,15-11+. The van der Waals surface area contributed by atoms with Crippen LogP contribution >= 0.6 is 11.6 Å². The molecule has 0 aliphatic carbocycles. The van der Waals surface area contributed by atoms with Crippen molar-refractivity contribution in [2.45, 2.75) is 40.0 Å². The van der Waals surface area contributed by atoms with Crippen molar-refractivity contribution in [2.75, 3.05) is 14.2 Å². The minimum absolute atomic E-state index is 0.0625. The Morgan fingerprint density at radius 2 is 1.71 bits per heavy atom. The number of methoxy groups -OCH3 is 2. The minimum Gasteiger partial charge on any atom is -0.469 e. The van der Waals surface area contributed by atoms with Crippen LogP contribution in [-0.4, -0.2) is 26.2 Å². The van der Waals surface area contributed by atoms with Crippen molar-refractivity contribution in [2.24, 2.45) is 0 Å². The molecule has 0 heterocycles. The Kier molecular flexibility index (Phi) is 8.70. The lowest BCUT2D eigenvalue weighted by Gasteiger charge is -2.14. The summed E-state index contributed by atoms with van der Waals surface area (Å²) in [5, 5.41) is 0.349. The van der Waals surface area contributed by atoms with Crippen LogP contribution in [0.1, 0.15) is 40.0 Å². The van der Waals surface area contributed by atoms with Gasteiger partial charge in [-0.05, 0) is 31.4 Å². The second-order valence-electron chi connectivity index (χ2n) is 4.67. The third kappa shape index (κ3) is 5.76. The van der Waals surface area contributed by atoms with E-state index in [0.717, 1.165) is 18.4 Å². The van der Waals surface area contributed by atoms with Gasteiger partial charge >= 0.3 is 11.9 Å². The van der Waals surface area contributed by atoms with Crippen LogP contribution in [0.4, 0.5) is 0 Å². The Morgan fingerprint density at radius 1 is 1.14 bits per heavy atom. The predicted molar refractivity (Wildman–Crippen MR) is 84.0 cm³/mol. The molecule has 0 atom stereocenters. The van der Waals surface area contributed by atoms with Crippen molar-refractivity contribution in [3.05, 3.63) is 33.9 Å². The Bertz CT molecular complexity index is 487. The van der Waals surface area contributed by atoms with E-state index in [9.17, 15) is 9.59 Å². The number of ether oxygens (including phenoxy) is 2. The third-order valence-electron chi connectivity index (χ3n) is 3.17. The van der Waals surface area contributed by atoms with Crippen LogP contribution in [0, 0.1) is 0 Å². The average Bonchev–Trinajstić information content (AvgIpc) is 2.49. The maximum Gasteiger partial charge on any atom is 0.337 e. The van der Waals surface area contributed by atoms with Gasteiger partial charge in [-0.1, -0.05) is 37.1 Å². The molecule has 21 heavy (non-hydrogen) atoms. The Hall–Kier alpha value is -1.55. The summed E-state index contributed by atoms with van der Waals surface area (Å²) in [5.74, 6) is -0.925. The summed E-state index contributed by atoms with van der Waals surface area (Å²) in [6, 6.07) is 0. The fourth-order valence-electron chi connectivity index (χ4n) is 1.79. The van der Waals surface area contributed by atoms with Crippen molar-refractivity contribution in [1.29, 1.82) is 0 Å². The summed E-state index contributed by atoms with van der Waals surface area (Å²) in [4.78, 5) is 23.1. The molecule has 5 heteroatoms. The zero-order valence-electron chi connectivity index (χ0n) is 13.3. The van der Waals surface area contributed by atoms with Gasteiger partial charge in [-0.3, -0.25) is 4.79 Å². The highest BCUT2D eigenvalue weighted by Crippen LogP contribution is 2.30. The molecule has 0 aromatic heterocycles. The number of allylic oxidation sites excluding steroid dienone is 2. The first-order chi connectivity index (χ1) is 9.79. The fourth-order valence-corrected chi connectivity index (χ4v) is 2.14. The molecular formula is C16H23ClO4. The van der Waals surface area contributed by atoms with E-state index in [4.69, 9.17) is 16.3 Å². The molecule has 0 saturated heterocycles. The predicted octanol–water partition coefficient (Wildman–Crippen LogP) is 3.91. The van der Waals surface area contributed by atoms with Crippen LogP contribution in [0.2, 0.25) is 0 Å². The summed E-state index contributed by atoms with van der Waals surface area (Å²) in [6.07, 6.45) is 1.80. The van der Waals surface area contributed by atoms with Gasteiger partial charge in [-0.2, -0.15) is 0 Å². The van der Waals surface area contributed by atoms with Gasteiger partial charge in [0.2, 0.25) is 0 Å². The van der Waals surface area contributed by atoms with Gasteiger partial charge in [0.15, 0.2) is 0 Å². The van der Waals surface area contributed by atoms with Gasteiger partial charge in [0.1, 0.15) is 0 Å². The molecule has 0 aliphatic heterocycles. The van der Waals surface area contributed by atoms with Crippen LogP contribution in [0.25, 0.3) is 0 Å². The van der Waals surface area contributed by atoms with Crippen molar-refractivity contribution in [1.82, 2.24) is 0 Å². The van der Waals surface area contributed by atoms with Crippen molar-refractivity contribution < 1.29 is 19.1 Å². The molecule has 0 aromatic rings. The molecule has 0 aromatic carbocycles. The molecule has 4 nitrogen and oxygen atoms in total. The molecule has 0 spiro atoms. The van der Waals surface area contributed by atoms with Crippen molar-refractivity contribution in [3.8, 4) is 0 Å². The average molecular weight is 315 g/mol. The lowest BCUT2D eigenvalue weighted by Crippen LogP contribution is -2.08. The van der Waals surface area contributed by atoms with E-state index in [2.05, 4.69) is 11.3 Å². The van der Waals surface area contributed by atoms with Gasteiger partial charge in [-0.25, -0.2) is 4.79 Å². The Morgan fingerprint density at radius 3 is 2.14 bits per heavy atom. The maximum absolute atomic E-state index is 11.6. The normalized spacial score (nSPS) is 13.0. The first-order valence-electron chi connectivity index (χ1n) is 6.69. The van der Waals surface area contributed by atoms with E-state index in [-0.39, 0.29) is 18.0 Å². The first-order valence-corrected chi connectivity index (χ1v) is 7.07. The van der Waals surface area contributed by atoms with Crippen LogP contribution in [0.15, 0.2) is 33.9 Å². The number of hydrogen-bond donors (Lipinski definition) is 0. The van der Waals surface area contributed by atoms with E-state index in [1.54, 1.807) is 6.92 Å². The second-order valence-corrected chi connectivity index (χ2v) is 5.05. The maximum atomic E-state index is 11.6. The van der Waals surface area contributed by atoms with Crippen LogP contribution in [-0.2, 0) is 19.1 Å². The Labute approximate surface area is 131 Å². The topological polar surface area (TPSA) is 52.6 Å². The quantitative estimate of drug-likeness (QED) is 0.406. The molecule has 0 N–H and O–H groups in total. The molecule has 0 amide bonds. The van der Waals surface area contributed by atoms with E-state index in [1.807, 2.05) is 13.8 Å². The van der Waals surface area contributed by atoms with Gasteiger partial charge in [0.25, 0.3) is 0 Å². The molecule has 0 rings (SSSR count). The first kappa shape index (κ1) is 19.4. The zero-order chi connectivity index (χ0) is 16.6. The lowest BCUT2D eigenvalue weighted by molar-refractivity contribution is -0.139. The molecule has 0 bridgehead atoms. The van der Waals surface area contributed by atoms with E-state index in [0.29, 0.717) is 16.2 Å². The summed E-state index contributed by atoms with van der Waals surface area (Å²) in [5.41, 5.74) is 2.34. The number of carbonyl (C=O) groups is 2. The van der Waals surface area contributed by atoms with E-state index in [1.165, 1.54) is 14.2 Å². The molecular weight excluding hydrogens is 292 g/mol. The van der Waals surface area contributed by atoms with E-state index >= 15 is 0 Å². The molecule has 0 saturated carbocycles. The molecule has 0 unspecified atom stereocenters. The summed E-state index contributed by atoms with van der Waals surface area (Å²) in [6.45, 7) is 9.31. The van der Waals surface area contributed by atoms with Gasteiger partial charge < -0.3 is 9.47 Å². The molecule has 0 radical (unpaired) electrons. The summed E-state index contributed by atoms with van der Waals surface area (Å²) < 4.78 is 9.33. The minimum atomic E-state index is -0.545. The smallest absolute Gasteiger partial charge is 0.337 e. The SMILES string of the molecule is C=C(C(=O)OC)/C(C)=C(Cl)\C(CC(=O)OC)=C(\C)CCC. The fraction of sp³-hybridized carbons (Fsp3) is 0.500. The van der Waals surface area contributed by atoms with Gasteiger partial charge in [0.05, 0.1) is 26.2 Å². The Balaban J connectivity index is 5.71. The van der Waals surface area contributed by atoms with E-state index < -0.39 is 5.97 Å². The van der Waals surface area contributed by atoms with Gasteiger partial charge in [-0.15, -0.1) is 0 Å². The number of rotatable bonds is 7.